The van der Waals surface area contributed by atoms with Gasteiger partial charge in [-0.05, 0) is 31.0 Å². The van der Waals surface area contributed by atoms with E-state index >= 15 is 0 Å². The third-order valence-corrected chi connectivity index (χ3v) is 2.48. The van der Waals surface area contributed by atoms with Crippen molar-refractivity contribution in [3.63, 3.8) is 0 Å². The average molecular weight is 192 g/mol. The van der Waals surface area contributed by atoms with Gasteiger partial charge in [0.25, 0.3) is 0 Å². The number of rotatable bonds is 1. The van der Waals surface area contributed by atoms with E-state index in [2.05, 4.69) is 0 Å². The van der Waals surface area contributed by atoms with E-state index in [0.717, 1.165) is 23.2 Å². The summed E-state index contributed by atoms with van der Waals surface area (Å²) in [6.07, 6.45) is 0.806. The van der Waals surface area contributed by atoms with Crippen LogP contribution < -0.4 is 9.47 Å². The minimum atomic E-state index is 0.510. The summed E-state index contributed by atoms with van der Waals surface area (Å²) in [7, 11) is 0. The predicted molar refractivity (Wildman–Crippen MR) is 52.3 cm³/mol. The van der Waals surface area contributed by atoms with Crippen LogP contribution in [-0.2, 0) is 0 Å². The molecule has 0 N–H and O–H groups in total. The van der Waals surface area contributed by atoms with E-state index < -0.39 is 0 Å². The molecule has 1 aromatic carbocycles. The van der Waals surface area contributed by atoms with Gasteiger partial charge in [0.05, 0.1) is 5.56 Å². The Morgan fingerprint density at radius 2 is 1.86 bits per heavy atom. The Hall–Kier alpha value is -1.51. The Kier molecular flexibility index (Phi) is 2.15. The van der Waals surface area contributed by atoms with Crippen molar-refractivity contribution in [2.75, 3.05) is 13.2 Å². The number of hydrogen-bond acceptors (Lipinski definition) is 3. The summed E-state index contributed by atoms with van der Waals surface area (Å²) in [5, 5.41) is 0. The molecule has 0 spiro atoms. The second-order valence-electron chi connectivity index (χ2n) is 3.38. The van der Waals surface area contributed by atoms with Crippen molar-refractivity contribution in [3.05, 3.63) is 22.8 Å². The van der Waals surface area contributed by atoms with Gasteiger partial charge in [0.2, 0.25) is 0 Å². The summed E-state index contributed by atoms with van der Waals surface area (Å²) in [6, 6.07) is 1.83. The number of aryl methyl sites for hydroxylation is 1. The van der Waals surface area contributed by atoms with E-state index in [1.165, 1.54) is 0 Å². The normalized spacial score (nSPS) is 13.9. The Balaban J connectivity index is 2.66. The molecule has 14 heavy (non-hydrogen) atoms. The minimum Gasteiger partial charge on any atom is -0.486 e. The van der Waals surface area contributed by atoms with Crippen molar-refractivity contribution >= 4 is 6.29 Å². The molecule has 0 bridgehead atoms. The highest BCUT2D eigenvalue weighted by Gasteiger charge is 2.19. The van der Waals surface area contributed by atoms with Gasteiger partial charge in [-0.1, -0.05) is 0 Å². The zero-order chi connectivity index (χ0) is 10.1. The summed E-state index contributed by atoms with van der Waals surface area (Å²) in [4.78, 5) is 10.8. The van der Waals surface area contributed by atoms with Crippen LogP contribution in [-0.4, -0.2) is 19.5 Å². The Bertz CT molecular complexity index is 383. The molecule has 1 aliphatic heterocycles. The molecule has 0 aromatic heterocycles. The molecule has 0 saturated heterocycles. The van der Waals surface area contributed by atoms with Crippen LogP contribution in [0.5, 0.6) is 11.5 Å². The van der Waals surface area contributed by atoms with Crippen LogP contribution in [0, 0.1) is 13.8 Å². The number of carbonyl (C=O) groups excluding carboxylic acids is 1. The third kappa shape index (κ3) is 1.25. The Morgan fingerprint density at radius 1 is 1.21 bits per heavy atom. The van der Waals surface area contributed by atoms with Gasteiger partial charge in [0.15, 0.2) is 17.8 Å². The van der Waals surface area contributed by atoms with E-state index in [1.54, 1.807) is 0 Å². The number of aldehydes is 1. The molecule has 0 aliphatic carbocycles. The first-order valence-electron chi connectivity index (χ1n) is 4.59. The number of hydrogen-bond donors (Lipinski definition) is 0. The van der Waals surface area contributed by atoms with Crippen LogP contribution in [0.25, 0.3) is 0 Å². The molecule has 0 unspecified atom stereocenters. The average Bonchev–Trinajstić information content (AvgIpc) is 2.23. The maximum Gasteiger partial charge on any atom is 0.172 e. The fourth-order valence-corrected chi connectivity index (χ4v) is 1.59. The number of fused-ring (bicyclic) bond motifs is 1. The maximum absolute atomic E-state index is 10.8. The lowest BCUT2D eigenvalue weighted by Gasteiger charge is -2.22. The molecule has 0 saturated carbocycles. The zero-order valence-corrected chi connectivity index (χ0v) is 8.29. The smallest absolute Gasteiger partial charge is 0.172 e. The molecular formula is C11H12O3. The van der Waals surface area contributed by atoms with E-state index in [1.807, 2.05) is 19.9 Å². The molecule has 0 radical (unpaired) electrons. The van der Waals surface area contributed by atoms with Crippen LogP contribution in [0.2, 0.25) is 0 Å². The molecule has 0 fully saturated rings. The first kappa shape index (κ1) is 9.06. The van der Waals surface area contributed by atoms with Gasteiger partial charge in [-0.25, -0.2) is 0 Å². The van der Waals surface area contributed by atoms with Gasteiger partial charge in [-0.15, -0.1) is 0 Å². The lowest BCUT2D eigenvalue weighted by molar-refractivity contribution is 0.111. The topological polar surface area (TPSA) is 35.5 Å². The van der Waals surface area contributed by atoms with Crippen LogP contribution >= 0.6 is 0 Å². The van der Waals surface area contributed by atoms with Crippen LogP contribution in [0.15, 0.2) is 6.07 Å². The first-order valence-corrected chi connectivity index (χ1v) is 4.59. The van der Waals surface area contributed by atoms with Gasteiger partial charge in [0.1, 0.15) is 13.2 Å². The lowest BCUT2D eigenvalue weighted by Crippen LogP contribution is -2.17. The third-order valence-electron chi connectivity index (χ3n) is 2.48. The summed E-state index contributed by atoms with van der Waals surface area (Å²) < 4.78 is 10.9. The quantitative estimate of drug-likeness (QED) is 0.637. The molecule has 1 heterocycles. The van der Waals surface area contributed by atoms with Gasteiger partial charge in [0, 0.05) is 0 Å². The number of benzene rings is 1. The summed E-state index contributed by atoms with van der Waals surface area (Å²) in [5.74, 6) is 1.31. The molecule has 74 valence electrons. The maximum atomic E-state index is 10.8. The summed E-state index contributed by atoms with van der Waals surface area (Å²) >= 11 is 0. The van der Waals surface area contributed by atoms with Gasteiger partial charge >= 0.3 is 0 Å². The number of ether oxygens (including phenoxy) is 2. The van der Waals surface area contributed by atoms with E-state index in [0.29, 0.717) is 24.5 Å². The molecule has 0 atom stereocenters. The standard InChI is InChI=1S/C11H12O3/c1-7-5-9(6-12)11-10(8(7)2)13-3-4-14-11/h5-6H,3-4H2,1-2H3. The Labute approximate surface area is 82.6 Å². The predicted octanol–water partition coefficient (Wildman–Crippen LogP) is 1.89. The monoisotopic (exact) mass is 192 g/mol. The van der Waals surface area contributed by atoms with Crippen molar-refractivity contribution in [1.29, 1.82) is 0 Å². The highest BCUT2D eigenvalue weighted by Crippen LogP contribution is 2.37. The molecule has 0 amide bonds. The summed E-state index contributed by atoms with van der Waals surface area (Å²) in [6.45, 7) is 4.99. The fourth-order valence-electron chi connectivity index (χ4n) is 1.59. The Morgan fingerprint density at radius 3 is 2.50 bits per heavy atom. The zero-order valence-electron chi connectivity index (χ0n) is 8.29. The van der Waals surface area contributed by atoms with E-state index in [4.69, 9.17) is 9.47 Å². The van der Waals surface area contributed by atoms with Crippen molar-refractivity contribution in [3.8, 4) is 11.5 Å². The highest BCUT2D eigenvalue weighted by atomic mass is 16.6. The van der Waals surface area contributed by atoms with E-state index in [-0.39, 0.29) is 0 Å². The first-order chi connectivity index (χ1) is 6.74. The minimum absolute atomic E-state index is 0.510. The molecule has 1 aliphatic rings. The molecule has 1 aromatic rings. The molecule has 2 rings (SSSR count). The number of carbonyl (C=O) groups is 1. The molecule has 3 heteroatoms. The van der Waals surface area contributed by atoms with E-state index in [9.17, 15) is 4.79 Å². The summed E-state index contributed by atoms with van der Waals surface area (Å²) in [5.41, 5.74) is 2.67. The van der Waals surface area contributed by atoms with Crippen LogP contribution in [0.3, 0.4) is 0 Å². The van der Waals surface area contributed by atoms with Crippen molar-refractivity contribution in [2.24, 2.45) is 0 Å². The second kappa shape index (κ2) is 3.33. The van der Waals surface area contributed by atoms with Crippen molar-refractivity contribution in [2.45, 2.75) is 13.8 Å². The van der Waals surface area contributed by atoms with Gasteiger partial charge in [-0.3, -0.25) is 4.79 Å². The lowest BCUT2D eigenvalue weighted by atomic mass is 10.0. The fraction of sp³-hybridized carbons (Fsp3) is 0.364. The largest absolute Gasteiger partial charge is 0.486 e. The van der Waals surface area contributed by atoms with Crippen LogP contribution in [0.1, 0.15) is 21.5 Å². The van der Waals surface area contributed by atoms with Crippen molar-refractivity contribution < 1.29 is 14.3 Å². The van der Waals surface area contributed by atoms with Gasteiger partial charge < -0.3 is 9.47 Å². The van der Waals surface area contributed by atoms with Crippen molar-refractivity contribution in [1.82, 2.24) is 0 Å². The second-order valence-corrected chi connectivity index (χ2v) is 3.38. The molecular weight excluding hydrogens is 180 g/mol. The van der Waals surface area contributed by atoms with Gasteiger partial charge in [-0.2, -0.15) is 0 Å². The van der Waals surface area contributed by atoms with Crippen LogP contribution in [0.4, 0.5) is 0 Å². The highest BCUT2D eigenvalue weighted by molar-refractivity contribution is 5.82. The molecule has 3 nitrogen and oxygen atoms in total. The SMILES string of the molecule is Cc1cc(C=O)c2c(c1C)OCCO2.